The third-order valence-corrected chi connectivity index (χ3v) is 3.46. The highest BCUT2D eigenvalue weighted by Crippen LogP contribution is 2.22. The molecule has 0 aliphatic rings. The largest absolute Gasteiger partial charge is 0.409 e. The number of nitro benzene ring substituents is 1. The van der Waals surface area contributed by atoms with Gasteiger partial charge in [0.25, 0.3) is 16.4 Å². The van der Waals surface area contributed by atoms with Crippen LogP contribution in [0.5, 0.6) is 0 Å². The summed E-state index contributed by atoms with van der Waals surface area (Å²) in [7, 11) is 0. The standard InChI is InChI=1S/C13H10N4O4S/c1-2-16-6-9(12-14-15-13(22)21-12)11(18)8-5-7(17(19)20)3-4-10(8)16/h3-6H,2H2,1H3,(H,15,22). The van der Waals surface area contributed by atoms with Gasteiger partial charge in [-0.05, 0) is 25.2 Å². The van der Waals surface area contributed by atoms with Crippen LogP contribution in [0.15, 0.2) is 33.6 Å². The number of fused-ring (bicyclic) bond motifs is 1. The summed E-state index contributed by atoms with van der Waals surface area (Å²) in [5.74, 6) is 0.0607. The third kappa shape index (κ3) is 2.21. The first-order valence-electron chi connectivity index (χ1n) is 6.38. The summed E-state index contributed by atoms with van der Waals surface area (Å²) in [6.45, 7) is 2.47. The average molecular weight is 318 g/mol. The van der Waals surface area contributed by atoms with E-state index < -0.39 is 10.4 Å². The number of pyridine rings is 1. The van der Waals surface area contributed by atoms with Crippen LogP contribution in [0.1, 0.15) is 6.92 Å². The molecule has 3 aromatic rings. The van der Waals surface area contributed by atoms with Crippen LogP contribution in [0.2, 0.25) is 0 Å². The number of benzene rings is 1. The number of nitrogens with zero attached hydrogens (tertiary/aromatic N) is 3. The minimum Gasteiger partial charge on any atom is -0.409 e. The first-order chi connectivity index (χ1) is 10.5. The van der Waals surface area contributed by atoms with E-state index in [1.165, 1.54) is 12.1 Å². The van der Waals surface area contributed by atoms with E-state index in [1.807, 2.05) is 6.92 Å². The molecular formula is C13H10N4O4S. The zero-order valence-electron chi connectivity index (χ0n) is 11.4. The molecule has 0 amide bonds. The quantitative estimate of drug-likeness (QED) is 0.452. The predicted octanol–water partition coefficient (Wildman–Crippen LogP) is 2.64. The minimum atomic E-state index is -0.540. The Kier molecular flexibility index (Phi) is 3.33. The summed E-state index contributed by atoms with van der Waals surface area (Å²) in [5.41, 5.74) is 0.263. The molecule has 22 heavy (non-hydrogen) atoms. The van der Waals surface area contributed by atoms with Crippen LogP contribution in [0.25, 0.3) is 22.4 Å². The van der Waals surface area contributed by atoms with Gasteiger partial charge in [0.15, 0.2) is 0 Å². The number of hydrogen-bond donors (Lipinski definition) is 1. The van der Waals surface area contributed by atoms with Crippen molar-refractivity contribution in [3.05, 3.63) is 49.6 Å². The van der Waals surface area contributed by atoms with E-state index in [0.717, 1.165) is 0 Å². The van der Waals surface area contributed by atoms with Crippen molar-refractivity contribution in [2.24, 2.45) is 0 Å². The average Bonchev–Trinajstić information content (AvgIpc) is 2.93. The Labute approximate surface area is 128 Å². The van der Waals surface area contributed by atoms with Crippen molar-refractivity contribution in [3.8, 4) is 11.5 Å². The molecular weight excluding hydrogens is 308 g/mol. The fourth-order valence-electron chi connectivity index (χ4n) is 2.26. The number of aromatic nitrogens is 3. The molecule has 0 bridgehead atoms. The SMILES string of the molecule is CCn1cc(-c2n[nH]c(=S)o2)c(=O)c2cc([N+](=O)[O-])ccc21. The van der Waals surface area contributed by atoms with Crippen LogP contribution < -0.4 is 5.43 Å². The van der Waals surface area contributed by atoms with Gasteiger partial charge in [-0.25, -0.2) is 5.10 Å². The molecule has 0 aliphatic heterocycles. The van der Waals surface area contributed by atoms with Gasteiger partial charge < -0.3 is 8.98 Å². The number of nitrogens with one attached hydrogen (secondary N) is 1. The Bertz CT molecular complexity index is 1000. The molecule has 9 heteroatoms. The molecule has 1 aromatic carbocycles. The molecule has 0 spiro atoms. The van der Waals surface area contributed by atoms with Gasteiger partial charge in [-0.2, -0.15) is 0 Å². The molecule has 0 radical (unpaired) electrons. The summed E-state index contributed by atoms with van der Waals surface area (Å²) in [4.78, 5) is 23.0. The van der Waals surface area contributed by atoms with Crippen LogP contribution in [-0.2, 0) is 6.54 Å². The highest BCUT2D eigenvalue weighted by Gasteiger charge is 2.16. The maximum Gasteiger partial charge on any atom is 0.284 e. The second kappa shape index (κ2) is 5.19. The minimum absolute atomic E-state index is 0.0524. The number of aromatic amines is 1. The van der Waals surface area contributed by atoms with Gasteiger partial charge in [0, 0.05) is 24.9 Å². The second-order valence-electron chi connectivity index (χ2n) is 4.53. The van der Waals surface area contributed by atoms with Gasteiger partial charge in [-0.15, -0.1) is 5.10 Å². The number of aryl methyl sites for hydroxylation is 1. The van der Waals surface area contributed by atoms with E-state index in [9.17, 15) is 14.9 Å². The van der Waals surface area contributed by atoms with Crippen molar-refractivity contribution in [1.82, 2.24) is 14.8 Å². The Morgan fingerprint density at radius 2 is 2.27 bits per heavy atom. The smallest absolute Gasteiger partial charge is 0.284 e. The molecule has 0 aliphatic carbocycles. The van der Waals surface area contributed by atoms with E-state index in [-0.39, 0.29) is 27.4 Å². The van der Waals surface area contributed by atoms with Gasteiger partial charge in [-0.3, -0.25) is 14.9 Å². The number of non-ortho nitro benzene ring substituents is 1. The molecule has 0 atom stereocenters. The molecule has 0 fully saturated rings. The third-order valence-electron chi connectivity index (χ3n) is 3.28. The van der Waals surface area contributed by atoms with Crippen LogP contribution in [-0.4, -0.2) is 19.7 Å². The fraction of sp³-hybridized carbons (Fsp3) is 0.154. The van der Waals surface area contributed by atoms with Gasteiger partial charge >= 0.3 is 0 Å². The summed E-state index contributed by atoms with van der Waals surface area (Å²) in [5, 5.41) is 17.4. The Balaban J connectivity index is 2.40. The second-order valence-corrected chi connectivity index (χ2v) is 4.91. The van der Waals surface area contributed by atoms with Gasteiger partial charge in [-0.1, -0.05) is 0 Å². The van der Waals surface area contributed by atoms with Crippen molar-refractivity contribution in [2.45, 2.75) is 13.5 Å². The van der Waals surface area contributed by atoms with Crippen molar-refractivity contribution < 1.29 is 9.34 Å². The fourth-order valence-corrected chi connectivity index (χ4v) is 2.38. The lowest BCUT2D eigenvalue weighted by atomic mass is 10.1. The number of hydrogen-bond acceptors (Lipinski definition) is 6. The highest BCUT2D eigenvalue weighted by atomic mass is 32.1. The molecule has 2 heterocycles. The Morgan fingerprint density at radius 1 is 1.50 bits per heavy atom. The van der Waals surface area contributed by atoms with Gasteiger partial charge in [0.2, 0.25) is 5.43 Å². The predicted molar refractivity (Wildman–Crippen MR) is 81.2 cm³/mol. The first kappa shape index (κ1) is 14.1. The lowest BCUT2D eigenvalue weighted by Crippen LogP contribution is -2.12. The zero-order valence-corrected chi connectivity index (χ0v) is 12.2. The lowest BCUT2D eigenvalue weighted by molar-refractivity contribution is -0.384. The van der Waals surface area contributed by atoms with Crippen molar-refractivity contribution in [2.75, 3.05) is 0 Å². The maximum atomic E-state index is 12.6. The van der Waals surface area contributed by atoms with Crippen molar-refractivity contribution in [3.63, 3.8) is 0 Å². The van der Waals surface area contributed by atoms with Crippen molar-refractivity contribution >= 4 is 28.8 Å². The normalized spacial score (nSPS) is 11.0. The van der Waals surface area contributed by atoms with Crippen LogP contribution >= 0.6 is 12.2 Å². The highest BCUT2D eigenvalue weighted by molar-refractivity contribution is 7.71. The van der Waals surface area contributed by atoms with Crippen LogP contribution in [0.4, 0.5) is 5.69 Å². The maximum absolute atomic E-state index is 12.6. The summed E-state index contributed by atoms with van der Waals surface area (Å²) >= 11 is 4.81. The summed E-state index contributed by atoms with van der Waals surface area (Å²) < 4.78 is 6.97. The molecule has 0 saturated heterocycles. The Morgan fingerprint density at radius 3 is 2.86 bits per heavy atom. The zero-order chi connectivity index (χ0) is 15.9. The summed E-state index contributed by atoms with van der Waals surface area (Å²) in [6.07, 6.45) is 1.60. The first-order valence-corrected chi connectivity index (χ1v) is 6.79. The summed E-state index contributed by atoms with van der Waals surface area (Å²) in [6, 6.07) is 4.19. The number of nitro groups is 1. The number of H-pyrrole nitrogens is 1. The van der Waals surface area contributed by atoms with E-state index in [2.05, 4.69) is 10.2 Å². The van der Waals surface area contributed by atoms with Crippen LogP contribution in [0, 0.1) is 15.0 Å². The molecule has 112 valence electrons. The molecule has 0 unspecified atom stereocenters. The van der Waals surface area contributed by atoms with E-state index in [1.54, 1.807) is 16.8 Å². The molecule has 0 saturated carbocycles. The van der Waals surface area contributed by atoms with Gasteiger partial charge in [0.05, 0.1) is 15.8 Å². The Hall–Kier alpha value is -2.81. The monoisotopic (exact) mass is 318 g/mol. The molecule has 8 nitrogen and oxygen atoms in total. The van der Waals surface area contributed by atoms with E-state index in [0.29, 0.717) is 12.1 Å². The van der Waals surface area contributed by atoms with Crippen LogP contribution in [0.3, 0.4) is 0 Å². The number of rotatable bonds is 3. The van der Waals surface area contributed by atoms with Crippen molar-refractivity contribution in [1.29, 1.82) is 0 Å². The van der Waals surface area contributed by atoms with E-state index >= 15 is 0 Å². The lowest BCUT2D eigenvalue weighted by Gasteiger charge is -2.09. The van der Waals surface area contributed by atoms with Gasteiger partial charge in [0.1, 0.15) is 5.56 Å². The molecule has 2 aromatic heterocycles. The molecule has 3 rings (SSSR count). The van der Waals surface area contributed by atoms with E-state index in [4.69, 9.17) is 16.6 Å². The topological polar surface area (TPSA) is 107 Å². The molecule has 1 N–H and O–H groups in total.